The van der Waals surface area contributed by atoms with E-state index in [4.69, 9.17) is 5.73 Å². The number of carbonyl (C=O) groups is 1. The fraction of sp³-hybridized carbons (Fsp3) is 0.267. The molecule has 1 atom stereocenters. The van der Waals surface area contributed by atoms with E-state index in [0.29, 0.717) is 13.0 Å². The monoisotopic (exact) mass is 352 g/mol. The molecule has 3 N–H and O–H groups in total. The van der Waals surface area contributed by atoms with E-state index in [0.717, 1.165) is 10.0 Å². The first-order chi connectivity index (χ1) is 9.58. The molecule has 0 fully saturated rings. The normalized spacial score (nSPS) is 13.9. The average Bonchev–Trinajstić information content (AvgIpc) is 2.93. The predicted octanol–water partition coefficient (Wildman–Crippen LogP) is 3.39. The smallest absolute Gasteiger partial charge is 0.242 e. The molecular formula is C15H17BrN2OS. The van der Waals surface area contributed by atoms with E-state index in [1.54, 1.807) is 11.3 Å². The molecule has 0 spiro atoms. The molecule has 1 aromatic carbocycles. The lowest BCUT2D eigenvalue weighted by Gasteiger charge is -2.31. The Labute approximate surface area is 131 Å². The highest BCUT2D eigenvalue weighted by Gasteiger charge is 2.36. The number of primary amides is 1. The summed E-state index contributed by atoms with van der Waals surface area (Å²) in [6.07, 6.45) is 0.601. The molecular weight excluding hydrogens is 336 g/mol. The summed E-state index contributed by atoms with van der Waals surface area (Å²) in [5, 5.41) is 5.37. The van der Waals surface area contributed by atoms with Crippen molar-refractivity contribution in [1.82, 2.24) is 5.32 Å². The second-order valence-electron chi connectivity index (χ2n) is 4.57. The fourth-order valence-electron chi connectivity index (χ4n) is 2.24. The zero-order valence-electron chi connectivity index (χ0n) is 11.2. The Morgan fingerprint density at radius 3 is 2.75 bits per heavy atom. The molecule has 1 heterocycles. The molecule has 1 amide bonds. The Balaban J connectivity index is 2.32. The van der Waals surface area contributed by atoms with Crippen molar-refractivity contribution in [2.45, 2.75) is 25.4 Å². The molecule has 0 aliphatic carbocycles. The molecule has 5 heteroatoms. The molecule has 1 aromatic heterocycles. The number of hydrogen-bond donors (Lipinski definition) is 2. The molecule has 2 rings (SSSR count). The summed E-state index contributed by atoms with van der Waals surface area (Å²) in [6.45, 7) is 2.59. The highest BCUT2D eigenvalue weighted by atomic mass is 79.9. The largest absolute Gasteiger partial charge is 0.368 e. The second-order valence-corrected chi connectivity index (χ2v) is 6.51. The highest BCUT2D eigenvalue weighted by molar-refractivity contribution is 9.10. The van der Waals surface area contributed by atoms with Gasteiger partial charge in [-0.3, -0.25) is 10.1 Å². The minimum absolute atomic E-state index is 0.352. The van der Waals surface area contributed by atoms with Crippen molar-refractivity contribution in [3.05, 3.63) is 56.7 Å². The molecule has 1 unspecified atom stereocenters. The van der Waals surface area contributed by atoms with Crippen molar-refractivity contribution in [1.29, 1.82) is 0 Å². The van der Waals surface area contributed by atoms with Gasteiger partial charge in [-0.1, -0.05) is 41.1 Å². The predicted molar refractivity (Wildman–Crippen MR) is 86.5 cm³/mol. The maximum Gasteiger partial charge on any atom is 0.242 e. The molecule has 20 heavy (non-hydrogen) atoms. The minimum atomic E-state index is -0.840. The summed E-state index contributed by atoms with van der Waals surface area (Å²) < 4.78 is 0.937. The van der Waals surface area contributed by atoms with E-state index in [9.17, 15) is 4.79 Å². The van der Waals surface area contributed by atoms with Crippen LogP contribution in [0.15, 0.2) is 46.3 Å². The van der Waals surface area contributed by atoms with Crippen LogP contribution in [0.5, 0.6) is 0 Å². The van der Waals surface area contributed by atoms with Gasteiger partial charge in [0, 0.05) is 15.9 Å². The van der Waals surface area contributed by atoms with Crippen LogP contribution in [0.1, 0.15) is 23.8 Å². The number of nitrogens with one attached hydrogen (secondary N) is 1. The van der Waals surface area contributed by atoms with Gasteiger partial charge < -0.3 is 5.73 Å². The first-order valence-electron chi connectivity index (χ1n) is 6.42. The number of amides is 1. The summed E-state index contributed by atoms with van der Waals surface area (Å²) in [7, 11) is 0. The summed E-state index contributed by atoms with van der Waals surface area (Å²) in [6, 6.07) is 11.8. The summed E-state index contributed by atoms with van der Waals surface area (Å²) in [5.41, 5.74) is 5.74. The SMILES string of the molecule is CCC(NCc1cccs1)(C(N)=O)c1cccc(Br)c1. The van der Waals surface area contributed by atoms with Crippen LogP contribution in [0.2, 0.25) is 0 Å². The van der Waals surface area contributed by atoms with Gasteiger partial charge in [-0.25, -0.2) is 0 Å². The maximum absolute atomic E-state index is 12.1. The molecule has 0 saturated heterocycles. The number of nitrogens with two attached hydrogens (primary N) is 1. The van der Waals surface area contributed by atoms with Crippen molar-refractivity contribution in [3.63, 3.8) is 0 Å². The Bertz CT molecular complexity index is 585. The van der Waals surface area contributed by atoms with Crippen LogP contribution in [-0.4, -0.2) is 5.91 Å². The van der Waals surface area contributed by atoms with Crippen LogP contribution in [-0.2, 0) is 16.9 Å². The van der Waals surface area contributed by atoms with Crippen molar-refractivity contribution >= 4 is 33.2 Å². The van der Waals surface area contributed by atoms with Crippen LogP contribution >= 0.6 is 27.3 Å². The van der Waals surface area contributed by atoms with Gasteiger partial charge in [0.25, 0.3) is 0 Å². The first kappa shape index (κ1) is 15.2. The standard InChI is InChI=1S/C15H17BrN2OS/c1-2-15(14(17)19,11-5-3-6-12(16)9-11)18-10-13-7-4-8-20-13/h3-9,18H,2,10H2,1H3,(H2,17,19). The third kappa shape index (κ3) is 3.11. The number of thiophene rings is 1. The highest BCUT2D eigenvalue weighted by Crippen LogP contribution is 2.28. The lowest BCUT2D eigenvalue weighted by molar-refractivity contribution is -0.125. The van der Waals surface area contributed by atoms with Crippen molar-refractivity contribution in [2.75, 3.05) is 0 Å². The quantitative estimate of drug-likeness (QED) is 0.836. The van der Waals surface area contributed by atoms with Crippen molar-refractivity contribution < 1.29 is 4.79 Å². The minimum Gasteiger partial charge on any atom is -0.368 e. The van der Waals surface area contributed by atoms with E-state index in [2.05, 4.69) is 21.2 Å². The van der Waals surface area contributed by atoms with Crippen LogP contribution in [0.25, 0.3) is 0 Å². The van der Waals surface area contributed by atoms with Crippen LogP contribution in [0, 0.1) is 0 Å². The second kappa shape index (κ2) is 6.52. The van der Waals surface area contributed by atoms with E-state index >= 15 is 0 Å². The van der Waals surface area contributed by atoms with Crippen LogP contribution in [0.3, 0.4) is 0 Å². The number of rotatable bonds is 6. The van der Waals surface area contributed by atoms with Crippen molar-refractivity contribution in [2.24, 2.45) is 5.73 Å². The zero-order valence-corrected chi connectivity index (χ0v) is 13.6. The third-order valence-corrected chi connectivity index (χ3v) is 4.78. The number of carbonyl (C=O) groups excluding carboxylic acids is 1. The lowest BCUT2D eigenvalue weighted by atomic mass is 9.86. The zero-order chi connectivity index (χ0) is 14.6. The summed E-state index contributed by atoms with van der Waals surface area (Å²) in [4.78, 5) is 13.3. The molecule has 0 bridgehead atoms. The Morgan fingerprint density at radius 2 is 2.20 bits per heavy atom. The molecule has 0 radical (unpaired) electrons. The van der Waals surface area contributed by atoms with Gasteiger partial charge in [0.1, 0.15) is 5.54 Å². The van der Waals surface area contributed by atoms with Gasteiger partial charge in [-0.15, -0.1) is 11.3 Å². The molecule has 106 valence electrons. The fourth-order valence-corrected chi connectivity index (χ4v) is 3.28. The maximum atomic E-state index is 12.1. The van der Waals surface area contributed by atoms with E-state index < -0.39 is 5.54 Å². The lowest BCUT2D eigenvalue weighted by Crippen LogP contribution is -2.51. The van der Waals surface area contributed by atoms with Crippen molar-refractivity contribution in [3.8, 4) is 0 Å². The first-order valence-corrected chi connectivity index (χ1v) is 8.09. The Morgan fingerprint density at radius 1 is 1.40 bits per heavy atom. The van der Waals surface area contributed by atoms with Gasteiger partial charge in [0.2, 0.25) is 5.91 Å². The number of halogens is 1. The third-order valence-electron chi connectivity index (χ3n) is 3.41. The molecule has 0 aliphatic rings. The number of benzene rings is 1. The van der Waals surface area contributed by atoms with Gasteiger partial charge >= 0.3 is 0 Å². The topological polar surface area (TPSA) is 55.1 Å². The Hall–Kier alpha value is -1.17. The van der Waals surface area contributed by atoms with E-state index in [1.165, 1.54) is 4.88 Å². The number of hydrogen-bond acceptors (Lipinski definition) is 3. The molecule has 0 saturated carbocycles. The van der Waals surface area contributed by atoms with Gasteiger partial charge in [0.05, 0.1) is 0 Å². The molecule has 2 aromatic rings. The van der Waals surface area contributed by atoms with Gasteiger partial charge in [0.15, 0.2) is 0 Å². The molecule has 3 nitrogen and oxygen atoms in total. The summed E-state index contributed by atoms with van der Waals surface area (Å²) in [5.74, 6) is -0.352. The van der Waals surface area contributed by atoms with Gasteiger partial charge in [-0.05, 0) is 35.6 Å². The average molecular weight is 353 g/mol. The van der Waals surface area contributed by atoms with E-state index in [1.807, 2.05) is 48.7 Å². The van der Waals surface area contributed by atoms with Gasteiger partial charge in [-0.2, -0.15) is 0 Å². The van der Waals surface area contributed by atoms with E-state index in [-0.39, 0.29) is 5.91 Å². The van der Waals surface area contributed by atoms with Crippen LogP contribution < -0.4 is 11.1 Å². The van der Waals surface area contributed by atoms with Crippen LogP contribution in [0.4, 0.5) is 0 Å². The summed E-state index contributed by atoms with van der Waals surface area (Å²) >= 11 is 5.11. The Kier molecular flexibility index (Phi) is 4.96. The molecule has 0 aliphatic heterocycles.